The van der Waals surface area contributed by atoms with Crippen LogP contribution in [0.15, 0.2) is 28.8 Å². The average molecular weight is 477 g/mol. The van der Waals surface area contributed by atoms with E-state index in [4.69, 9.17) is 4.52 Å². The summed E-state index contributed by atoms with van der Waals surface area (Å²) in [6.07, 6.45) is -6.61. The van der Waals surface area contributed by atoms with Gasteiger partial charge >= 0.3 is 12.4 Å². The zero-order valence-electron chi connectivity index (χ0n) is 18.2. The molecule has 0 unspecified atom stereocenters. The largest absolute Gasteiger partial charge is 0.416 e. The minimum Gasteiger partial charge on any atom is -0.360 e. The lowest BCUT2D eigenvalue weighted by atomic mass is 9.81. The fourth-order valence-electron chi connectivity index (χ4n) is 4.06. The SMILES string of the molecule is Cc1cc(N(C)C[C@H]2CC[C@H](CNC(=O)c3cc(C(F)(F)F)cc(C(F)(F)F)c3)CC2)no1. The average Bonchev–Trinajstić information content (AvgIpc) is 3.18. The molecule has 1 aromatic carbocycles. The van der Waals surface area contributed by atoms with Crippen molar-refractivity contribution in [3.05, 3.63) is 46.7 Å². The molecule has 33 heavy (non-hydrogen) atoms. The molecular formula is C22H25F6N3O2. The van der Waals surface area contributed by atoms with Gasteiger partial charge in [-0.15, -0.1) is 0 Å². The highest BCUT2D eigenvalue weighted by molar-refractivity contribution is 5.94. The first-order valence-electron chi connectivity index (χ1n) is 10.5. The Kier molecular flexibility index (Phi) is 7.28. The number of aromatic nitrogens is 1. The lowest BCUT2D eigenvalue weighted by molar-refractivity contribution is -0.143. The summed E-state index contributed by atoms with van der Waals surface area (Å²) in [5.74, 6) is 1.05. The summed E-state index contributed by atoms with van der Waals surface area (Å²) < 4.78 is 83.1. The van der Waals surface area contributed by atoms with Crippen molar-refractivity contribution in [3.8, 4) is 0 Å². The number of carbonyl (C=O) groups is 1. The quantitative estimate of drug-likeness (QED) is 0.543. The third-order valence-electron chi connectivity index (χ3n) is 5.91. The maximum Gasteiger partial charge on any atom is 0.416 e. The number of nitrogens with one attached hydrogen (secondary N) is 1. The molecule has 1 fully saturated rings. The van der Waals surface area contributed by atoms with Crippen LogP contribution in [0.3, 0.4) is 0 Å². The molecule has 0 bridgehead atoms. The summed E-state index contributed by atoms with van der Waals surface area (Å²) in [6.45, 7) is 2.80. The van der Waals surface area contributed by atoms with Crippen LogP contribution in [-0.2, 0) is 12.4 Å². The monoisotopic (exact) mass is 477 g/mol. The van der Waals surface area contributed by atoms with Gasteiger partial charge in [-0.2, -0.15) is 26.3 Å². The maximum atomic E-state index is 13.0. The molecule has 0 atom stereocenters. The van der Waals surface area contributed by atoms with Crippen molar-refractivity contribution in [2.45, 2.75) is 45.0 Å². The van der Waals surface area contributed by atoms with Crippen LogP contribution in [0.2, 0.25) is 0 Å². The van der Waals surface area contributed by atoms with Gasteiger partial charge in [-0.05, 0) is 62.6 Å². The first-order chi connectivity index (χ1) is 15.3. The molecule has 0 spiro atoms. The van der Waals surface area contributed by atoms with Gasteiger partial charge in [-0.25, -0.2) is 0 Å². The Bertz CT molecular complexity index is 930. The number of hydrogen-bond donors (Lipinski definition) is 1. The second-order valence-electron chi connectivity index (χ2n) is 8.57. The van der Waals surface area contributed by atoms with E-state index in [0.717, 1.165) is 43.8 Å². The minimum absolute atomic E-state index is 0.00937. The fourth-order valence-corrected chi connectivity index (χ4v) is 4.06. The van der Waals surface area contributed by atoms with Gasteiger partial charge in [-0.3, -0.25) is 4.79 Å². The standard InChI is InChI=1S/C22H25F6N3O2/c1-13-7-19(30-33-13)31(2)12-15-5-3-14(4-6-15)11-29-20(32)16-8-17(21(23,24)25)10-18(9-16)22(26,27)28/h7-10,14-15H,3-6,11-12H2,1-2H3,(H,29,32)/t14-,15-. The van der Waals surface area contributed by atoms with Crippen LogP contribution in [0.1, 0.15) is 52.9 Å². The molecular weight excluding hydrogens is 452 g/mol. The van der Waals surface area contributed by atoms with Crippen molar-refractivity contribution >= 4 is 11.7 Å². The Hall–Kier alpha value is -2.72. The highest BCUT2D eigenvalue weighted by Gasteiger charge is 2.37. The molecule has 5 nitrogen and oxygen atoms in total. The van der Waals surface area contributed by atoms with Crippen LogP contribution in [0.5, 0.6) is 0 Å². The lowest BCUT2D eigenvalue weighted by Crippen LogP contribution is -2.34. The van der Waals surface area contributed by atoms with E-state index in [0.29, 0.717) is 18.1 Å². The van der Waals surface area contributed by atoms with Crippen LogP contribution < -0.4 is 10.2 Å². The van der Waals surface area contributed by atoms with Gasteiger partial charge in [0.1, 0.15) is 5.76 Å². The van der Waals surface area contributed by atoms with E-state index in [1.54, 1.807) is 0 Å². The molecule has 3 rings (SSSR count). The number of anilines is 1. The van der Waals surface area contributed by atoms with Crippen molar-refractivity contribution in [2.24, 2.45) is 11.8 Å². The van der Waals surface area contributed by atoms with Gasteiger partial charge in [0.05, 0.1) is 11.1 Å². The van der Waals surface area contributed by atoms with E-state index in [1.807, 2.05) is 24.9 Å². The number of halogens is 6. The third-order valence-corrected chi connectivity index (χ3v) is 5.91. The molecule has 1 aromatic heterocycles. The summed E-state index contributed by atoms with van der Waals surface area (Å²) in [7, 11) is 1.92. The number of nitrogens with zero attached hydrogens (tertiary/aromatic N) is 2. The summed E-state index contributed by atoms with van der Waals surface area (Å²) in [6, 6.07) is 2.75. The molecule has 2 aromatic rings. The van der Waals surface area contributed by atoms with E-state index in [1.165, 1.54) is 0 Å². The fraction of sp³-hybridized carbons (Fsp3) is 0.545. The molecule has 1 amide bonds. The lowest BCUT2D eigenvalue weighted by Gasteiger charge is -2.31. The van der Waals surface area contributed by atoms with Gasteiger partial charge in [0, 0.05) is 31.8 Å². The van der Waals surface area contributed by atoms with Crippen LogP contribution in [0, 0.1) is 18.8 Å². The molecule has 0 saturated heterocycles. The number of carbonyl (C=O) groups excluding carboxylic acids is 1. The van der Waals surface area contributed by atoms with Crippen LogP contribution in [0.4, 0.5) is 32.2 Å². The van der Waals surface area contributed by atoms with Crippen molar-refractivity contribution < 1.29 is 35.7 Å². The second kappa shape index (κ2) is 9.64. The maximum absolute atomic E-state index is 13.0. The third kappa shape index (κ3) is 6.64. The van der Waals surface area contributed by atoms with E-state index in [9.17, 15) is 31.1 Å². The van der Waals surface area contributed by atoms with Crippen LogP contribution in [0.25, 0.3) is 0 Å². The van der Waals surface area contributed by atoms with Gasteiger partial charge in [0.15, 0.2) is 5.82 Å². The molecule has 1 aliphatic carbocycles. The number of aryl methyl sites for hydroxylation is 1. The zero-order valence-corrected chi connectivity index (χ0v) is 18.2. The number of alkyl halides is 6. The Morgan fingerprint density at radius 3 is 2.03 bits per heavy atom. The first-order valence-corrected chi connectivity index (χ1v) is 10.5. The summed E-state index contributed by atoms with van der Waals surface area (Å²) >= 11 is 0. The van der Waals surface area contributed by atoms with Crippen molar-refractivity contribution in [2.75, 3.05) is 25.0 Å². The van der Waals surface area contributed by atoms with Crippen LogP contribution >= 0.6 is 0 Å². The molecule has 1 heterocycles. The summed E-state index contributed by atoms with van der Waals surface area (Å²) in [4.78, 5) is 14.4. The van der Waals surface area contributed by atoms with E-state index in [2.05, 4.69) is 10.5 Å². The smallest absolute Gasteiger partial charge is 0.360 e. The van der Waals surface area contributed by atoms with Gasteiger partial charge < -0.3 is 14.7 Å². The van der Waals surface area contributed by atoms with Gasteiger partial charge in [0.2, 0.25) is 0 Å². The van der Waals surface area contributed by atoms with Crippen molar-refractivity contribution in [1.82, 2.24) is 10.5 Å². The Morgan fingerprint density at radius 1 is 1.00 bits per heavy atom. The molecule has 182 valence electrons. The van der Waals surface area contributed by atoms with E-state index in [-0.39, 0.29) is 18.5 Å². The van der Waals surface area contributed by atoms with E-state index < -0.39 is 35.0 Å². The number of rotatable bonds is 6. The Labute approximate surface area is 187 Å². The van der Waals surface area contributed by atoms with Crippen LogP contribution in [-0.4, -0.2) is 31.2 Å². The molecule has 1 N–H and O–H groups in total. The van der Waals surface area contributed by atoms with Crippen molar-refractivity contribution in [1.29, 1.82) is 0 Å². The highest BCUT2D eigenvalue weighted by Crippen LogP contribution is 2.36. The summed E-state index contributed by atoms with van der Waals surface area (Å²) in [5, 5.41) is 6.48. The topological polar surface area (TPSA) is 58.4 Å². The number of amides is 1. The Morgan fingerprint density at radius 2 is 1.55 bits per heavy atom. The molecule has 1 aliphatic rings. The Balaban J connectivity index is 1.54. The van der Waals surface area contributed by atoms with E-state index >= 15 is 0 Å². The molecule has 0 radical (unpaired) electrons. The molecule has 1 saturated carbocycles. The minimum atomic E-state index is -4.99. The van der Waals surface area contributed by atoms with Crippen molar-refractivity contribution in [3.63, 3.8) is 0 Å². The van der Waals surface area contributed by atoms with Gasteiger partial charge in [0.25, 0.3) is 5.91 Å². The zero-order chi connectivity index (χ0) is 24.4. The molecule has 11 heteroatoms. The normalized spacial score (nSPS) is 19.4. The number of benzene rings is 1. The molecule has 0 aliphatic heterocycles. The summed E-state index contributed by atoms with van der Waals surface area (Å²) in [5.41, 5.74) is -3.67. The number of hydrogen-bond acceptors (Lipinski definition) is 4. The van der Waals surface area contributed by atoms with Gasteiger partial charge in [-0.1, -0.05) is 5.16 Å². The first kappa shape index (κ1) is 24.9. The predicted octanol–water partition coefficient (Wildman–Crippen LogP) is 5.69. The highest BCUT2D eigenvalue weighted by atomic mass is 19.4. The second-order valence-corrected chi connectivity index (χ2v) is 8.57. The predicted molar refractivity (Wildman–Crippen MR) is 109 cm³/mol.